The highest BCUT2D eigenvalue weighted by atomic mass is 32.1. The summed E-state index contributed by atoms with van der Waals surface area (Å²) in [4.78, 5) is 15.4. The third-order valence-electron chi connectivity index (χ3n) is 4.20. The van der Waals surface area contributed by atoms with E-state index in [1.54, 1.807) is 10.8 Å². The van der Waals surface area contributed by atoms with Crippen LogP contribution in [-0.2, 0) is 0 Å². The lowest BCUT2D eigenvalue weighted by atomic mass is 10.0. The summed E-state index contributed by atoms with van der Waals surface area (Å²) in [5, 5.41) is 19.5. The molecule has 7 nitrogen and oxygen atoms in total. The van der Waals surface area contributed by atoms with Crippen molar-refractivity contribution in [3.05, 3.63) is 93.3 Å². The van der Waals surface area contributed by atoms with Crippen LogP contribution in [0.4, 0.5) is 5.88 Å². The van der Waals surface area contributed by atoms with Gasteiger partial charge in [0.1, 0.15) is 4.92 Å². The summed E-state index contributed by atoms with van der Waals surface area (Å²) in [6, 6.07) is 17.0. The zero-order valence-corrected chi connectivity index (χ0v) is 16.1. The Morgan fingerprint density at radius 2 is 2.00 bits per heavy atom. The summed E-state index contributed by atoms with van der Waals surface area (Å²) < 4.78 is 6.89. The van der Waals surface area contributed by atoms with Crippen molar-refractivity contribution >= 4 is 34.2 Å². The first kappa shape index (κ1) is 18.6. The second-order valence-corrected chi connectivity index (χ2v) is 6.89. The molecule has 144 valence electrons. The quantitative estimate of drug-likeness (QED) is 0.199. The van der Waals surface area contributed by atoms with Crippen LogP contribution >= 0.6 is 11.3 Å². The van der Waals surface area contributed by atoms with Crippen LogP contribution in [0.5, 0.6) is 0 Å². The van der Waals surface area contributed by atoms with Crippen molar-refractivity contribution in [3.8, 4) is 11.3 Å². The molecule has 0 radical (unpaired) electrons. The molecule has 0 N–H and O–H groups in total. The Morgan fingerprint density at radius 1 is 1.17 bits per heavy atom. The van der Waals surface area contributed by atoms with Gasteiger partial charge in [-0.05, 0) is 16.8 Å². The van der Waals surface area contributed by atoms with E-state index >= 15 is 0 Å². The maximum atomic E-state index is 10.8. The van der Waals surface area contributed by atoms with Crippen LogP contribution in [0.1, 0.15) is 5.76 Å². The lowest BCUT2D eigenvalue weighted by molar-refractivity contribution is -0.402. The number of benzene rings is 2. The van der Waals surface area contributed by atoms with Gasteiger partial charge in [-0.2, -0.15) is 5.10 Å². The van der Waals surface area contributed by atoms with Gasteiger partial charge in [-0.25, -0.2) is 4.68 Å². The van der Waals surface area contributed by atoms with E-state index in [1.165, 1.54) is 29.7 Å². The normalized spacial score (nSPS) is 12.1. The average molecular weight is 404 g/mol. The Hall–Kier alpha value is -3.78. The molecule has 0 atom stereocenters. The lowest BCUT2D eigenvalue weighted by Gasteiger charge is -2.07. The molecule has 0 bridgehead atoms. The predicted octanol–water partition coefficient (Wildman–Crippen LogP) is 4.84. The summed E-state index contributed by atoms with van der Waals surface area (Å²) in [6.45, 7) is 4.16. The molecule has 0 spiro atoms. The van der Waals surface area contributed by atoms with E-state index in [0.717, 1.165) is 22.0 Å². The van der Waals surface area contributed by atoms with Crippen LogP contribution in [0.25, 0.3) is 22.0 Å². The predicted molar refractivity (Wildman–Crippen MR) is 114 cm³/mol. The van der Waals surface area contributed by atoms with Gasteiger partial charge in [0.25, 0.3) is 0 Å². The zero-order valence-electron chi connectivity index (χ0n) is 15.3. The average Bonchev–Trinajstić information content (AvgIpc) is 3.37. The minimum absolute atomic E-state index is 0.286. The summed E-state index contributed by atoms with van der Waals surface area (Å²) in [5.74, 6) is -0.0402. The second-order valence-electron chi connectivity index (χ2n) is 6.05. The Labute approximate surface area is 169 Å². The summed E-state index contributed by atoms with van der Waals surface area (Å²) >= 11 is 1.46. The van der Waals surface area contributed by atoms with E-state index in [9.17, 15) is 10.1 Å². The first-order valence-electron chi connectivity index (χ1n) is 8.76. The molecule has 4 aromatic rings. The van der Waals surface area contributed by atoms with Crippen LogP contribution in [0.3, 0.4) is 0 Å². The van der Waals surface area contributed by atoms with Gasteiger partial charge >= 0.3 is 5.88 Å². The first-order valence-corrected chi connectivity index (χ1v) is 9.64. The molecular formula is C21H16N4O3S. The highest BCUT2D eigenvalue weighted by Crippen LogP contribution is 2.29. The van der Waals surface area contributed by atoms with Gasteiger partial charge in [0.2, 0.25) is 4.80 Å². The molecule has 0 aliphatic heterocycles. The van der Waals surface area contributed by atoms with Gasteiger partial charge < -0.3 is 4.42 Å². The third-order valence-corrected chi connectivity index (χ3v) is 5.05. The molecule has 8 heteroatoms. The van der Waals surface area contributed by atoms with Gasteiger partial charge in [0.05, 0.1) is 24.5 Å². The highest BCUT2D eigenvalue weighted by molar-refractivity contribution is 7.07. The minimum Gasteiger partial charge on any atom is -0.400 e. The standard InChI is InChI=1S/C21H16N4O3S/c1-2-12-22-21-24(23-13-16-10-11-20(28-16)25(26)27)19(14-29-21)18-9-5-7-15-6-3-4-8-17(15)18/h2-11,13-14H,1,12H2. The minimum atomic E-state index is -0.582. The molecule has 0 unspecified atom stereocenters. The van der Waals surface area contributed by atoms with Crippen molar-refractivity contribution in [2.45, 2.75) is 0 Å². The molecule has 0 aliphatic carbocycles. The monoisotopic (exact) mass is 404 g/mol. The third kappa shape index (κ3) is 3.78. The Kier molecular flexibility index (Phi) is 5.17. The number of nitrogens with zero attached hydrogens (tertiary/aromatic N) is 4. The number of fused-ring (bicyclic) bond motifs is 1. The van der Waals surface area contributed by atoms with Crippen LogP contribution < -0.4 is 4.80 Å². The molecule has 0 saturated carbocycles. The lowest BCUT2D eigenvalue weighted by Crippen LogP contribution is -2.12. The molecule has 0 aliphatic rings. The van der Waals surface area contributed by atoms with E-state index in [0.29, 0.717) is 11.3 Å². The van der Waals surface area contributed by atoms with E-state index in [1.807, 2.05) is 29.6 Å². The van der Waals surface area contributed by atoms with Crippen molar-refractivity contribution in [1.82, 2.24) is 4.68 Å². The summed E-state index contributed by atoms with van der Waals surface area (Å²) in [6.07, 6.45) is 3.16. The topological polar surface area (TPSA) is 85.9 Å². The van der Waals surface area contributed by atoms with E-state index < -0.39 is 4.92 Å². The number of hydrogen-bond donors (Lipinski definition) is 0. The molecule has 4 rings (SSSR count). The van der Waals surface area contributed by atoms with Gasteiger partial charge in [-0.15, -0.1) is 17.9 Å². The Morgan fingerprint density at radius 3 is 2.79 bits per heavy atom. The smallest absolute Gasteiger partial charge is 0.400 e. The first-order chi connectivity index (χ1) is 14.2. The van der Waals surface area contributed by atoms with Crippen molar-refractivity contribution in [3.63, 3.8) is 0 Å². The Bertz CT molecular complexity index is 1290. The molecule has 0 fully saturated rings. The van der Waals surface area contributed by atoms with Gasteiger partial charge in [0.15, 0.2) is 5.76 Å². The van der Waals surface area contributed by atoms with Crippen molar-refractivity contribution < 1.29 is 9.34 Å². The number of furan rings is 1. The number of aromatic nitrogens is 1. The maximum absolute atomic E-state index is 10.8. The fraction of sp³-hybridized carbons (Fsp3) is 0.0476. The highest BCUT2D eigenvalue weighted by Gasteiger charge is 2.12. The van der Waals surface area contributed by atoms with Crippen molar-refractivity contribution in [2.75, 3.05) is 6.54 Å². The van der Waals surface area contributed by atoms with E-state index in [2.05, 4.69) is 34.9 Å². The van der Waals surface area contributed by atoms with Crippen LogP contribution in [-0.4, -0.2) is 22.4 Å². The number of hydrogen-bond acceptors (Lipinski definition) is 6. The number of thiazole rings is 1. The van der Waals surface area contributed by atoms with E-state index in [4.69, 9.17) is 4.42 Å². The molecule has 0 saturated heterocycles. The maximum Gasteiger partial charge on any atom is 0.433 e. The van der Waals surface area contributed by atoms with Crippen LogP contribution in [0.15, 0.2) is 87.1 Å². The second kappa shape index (κ2) is 8.07. The fourth-order valence-electron chi connectivity index (χ4n) is 2.92. The summed E-state index contributed by atoms with van der Waals surface area (Å²) in [7, 11) is 0. The van der Waals surface area contributed by atoms with Crippen LogP contribution in [0.2, 0.25) is 0 Å². The molecular weight excluding hydrogens is 388 g/mol. The zero-order chi connectivity index (χ0) is 20.2. The fourth-order valence-corrected chi connectivity index (χ4v) is 3.76. The summed E-state index contributed by atoms with van der Waals surface area (Å²) in [5.41, 5.74) is 1.88. The van der Waals surface area contributed by atoms with E-state index in [-0.39, 0.29) is 11.6 Å². The Balaban J connectivity index is 1.85. The van der Waals surface area contributed by atoms with Gasteiger partial charge in [-0.1, -0.05) is 48.5 Å². The molecule has 0 amide bonds. The van der Waals surface area contributed by atoms with Gasteiger partial charge in [0, 0.05) is 10.9 Å². The number of nitro groups is 1. The molecule has 2 heterocycles. The SMILES string of the molecule is C=CCN=c1scc(-c2cccc3ccccc23)n1N=Cc1ccc([N+](=O)[O-])o1. The van der Waals surface area contributed by atoms with Crippen molar-refractivity contribution in [1.29, 1.82) is 0 Å². The number of rotatable bonds is 6. The molecule has 2 aromatic heterocycles. The molecule has 29 heavy (non-hydrogen) atoms. The van der Waals surface area contributed by atoms with Crippen LogP contribution in [0, 0.1) is 10.1 Å². The molecule has 2 aromatic carbocycles. The van der Waals surface area contributed by atoms with Gasteiger partial charge in [-0.3, -0.25) is 15.1 Å². The largest absolute Gasteiger partial charge is 0.433 e. The van der Waals surface area contributed by atoms with Crippen molar-refractivity contribution in [2.24, 2.45) is 10.1 Å².